The molecule has 2 heterocycles. The van der Waals surface area contributed by atoms with Crippen molar-refractivity contribution in [2.75, 3.05) is 9.80 Å². The topological polar surface area (TPSA) is 40.6 Å². The van der Waals surface area contributed by atoms with E-state index in [2.05, 4.69) is 0 Å². The van der Waals surface area contributed by atoms with E-state index in [0.29, 0.717) is 12.1 Å². The summed E-state index contributed by atoms with van der Waals surface area (Å²) in [6.07, 6.45) is 0.600. The van der Waals surface area contributed by atoms with Gasteiger partial charge in [0, 0.05) is 12.1 Å². The minimum Gasteiger partial charge on any atom is -0.281 e. The van der Waals surface area contributed by atoms with Gasteiger partial charge in [0.25, 0.3) is 5.91 Å². The zero-order valence-corrected chi connectivity index (χ0v) is 11.6. The number of aryl methyl sites for hydroxylation is 1. The quantitative estimate of drug-likeness (QED) is 0.753. The van der Waals surface area contributed by atoms with Crippen LogP contribution in [0, 0.1) is 6.92 Å². The van der Waals surface area contributed by atoms with Gasteiger partial charge in [-0.1, -0.05) is 35.9 Å². The summed E-state index contributed by atoms with van der Waals surface area (Å²) in [6, 6.07) is 14.5. The minimum absolute atomic E-state index is 0.139. The molecule has 1 atom stereocenters. The molecule has 4 nitrogen and oxygen atoms in total. The van der Waals surface area contributed by atoms with Gasteiger partial charge in [0.15, 0.2) is 0 Å². The molecule has 0 spiro atoms. The Bertz CT molecular complexity index is 752. The van der Waals surface area contributed by atoms with Gasteiger partial charge in [0.2, 0.25) is 0 Å². The molecule has 0 saturated carbocycles. The molecule has 3 amide bonds. The first-order valence-corrected chi connectivity index (χ1v) is 6.98. The van der Waals surface area contributed by atoms with Crippen molar-refractivity contribution >= 4 is 23.3 Å². The maximum Gasteiger partial charge on any atom is 0.336 e. The summed E-state index contributed by atoms with van der Waals surface area (Å²) < 4.78 is 0. The number of nitrogens with zero attached hydrogens (tertiary/aromatic N) is 2. The lowest BCUT2D eigenvalue weighted by atomic mass is 10.1. The molecule has 2 aromatic carbocycles. The zero-order valence-electron chi connectivity index (χ0n) is 11.6. The lowest BCUT2D eigenvalue weighted by Gasteiger charge is -2.17. The monoisotopic (exact) mass is 278 g/mol. The number of para-hydroxylation sites is 1. The maximum absolute atomic E-state index is 12.7. The Labute approximate surface area is 122 Å². The van der Waals surface area contributed by atoms with Crippen molar-refractivity contribution in [1.82, 2.24) is 0 Å². The van der Waals surface area contributed by atoms with E-state index >= 15 is 0 Å². The summed E-state index contributed by atoms with van der Waals surface area (Å²) in [5, 5.41) is 0. The summed E-state index contributed by atoms with van der Waals surface area (Å²) in [5.41, 5.74) is 3.66. The lowest BCUT2D eigenvalue weighted by Crippen LogP contribution is -2.32. The van der Waals surface area contributed by atoms with Gasteiger partial charge in [-0.15, -0.1) is 0 Å². The van der Waals surface area contributed by atoms with Gasteiger partial charge in [-0.25, -0.2) is 9.69 Å². The van der Waals surface area contributed by atoms with E-state index in [0.717, 1.165) is 16.8 Å². The Hall–Kier alpha value is -2.62. The number of carbonyl (C=O) groups excluding carboxylic acids is 2. The standard InChI is InChI=1S/C17H14N2O2/c1-11-6-8-13(9-7-11)18-16(20)15-10-12-4-2-3-5-14(12)19(15)17(18)21/h2-9,15H,10H2,1H3. The molecule has 4 heteroatoms. The van der Waals surface area contributed by atoms with E-state index in [1.165, 1.54) is 4.90 Å². The first-order valence-electron chi connectivity index (χ1n) is 6.98. The summed E-state index contributed by atoms with van der Waals surface area (Å²) >= 11 is 0. The van der Waals surface area contributed by atoms with E-state index in [1.54, 1.807) is 4.90 Å². The van der Waals surface area contributed by atoms with Crippen LogP contribution in [0.2, 0.25) is 0 Å². The van der Waals surface area contributed by atoms with Crippen LogP contribution in [-0.2, 0) is 11.2 Å². The van der Waals surface area contributed by atoms with Crippen LogP contribution in [-0.4, -0.2) is 18.0 Å². The molecule has 1 saturated heterocycles. The number of imide groups is 1. The Kier molecular flexibility index (Phi) is 2.42. The minimum atomic E-state index is -0.392. The third kappa shape index (κ3) is 1.62. The largest absolute Gasteiger partial charge is 0.336 e. The molecule has 4 rings (SSSR count). The highest BCUT2D eigenvalue weighted by Gasteiger charge is 2.50. The fourth-order valence-electron chi connectivity index (χ4n) is 3.10. The Balaban J connectivity index is 1.77. The Morgan fingerprint density at radius 2 is 1.71 bits per heavy atom. The predicted octanol–water partition coefficient (Wildman–Crippen LogP) is 2.89. The highest BCUT2D eigenvalue weighted by Crippen LogP contribution is 2.38. The average molecular weight is 278 g/mol. The first-order chi connectivity index (χ1) is 10.2. The van der Waals surface area contributed by atoms with Crippen molar-refractivity contribution < 1.29 is 9.59 Å². The van der Waals surface area contributed by atoms with E-state index in [4.69, 9.17) is 0 Å². The SMILES string of the molecule is Cc1ccc(N2C(=O)C3Cc4ccccc4N3C2=O)cc1. The van der Waals surface area contributed by atoms with Crippen molar-refractivity contribution in [3.8, 4) is 0 Å². The molecule has 2 aromatic rings. The fourth-order valence-corrected chi connectivity index (χ4v) is 3.10. The smallest absolute Gasteiger partial charge is 0.281 e. The van der Waals surface area contributed by atoms with E-state index < -0.39 is 6.04 Å². The van der Waals surface area contributed by atoms with Crippen LogP contribution in [0.5, 0.6) is 0 Å². The van der Waals surface area contributed by atoms with Gasteiger partial charge in [-0.2, -0.15) is 0 Å². The third-order valence-corrected chi connectivity index (χ3v) is 4.17. The highest BCUT2D eigenvalue weighted by molar-refractivity contribution is 6.29. The number of fused-ring (bicyclic) bond motifs is 3. The molecule has 21 heavy (non-hydrogen) atoms. The third-order valence-electron chi connectivity index (χ3n) is 4.17. The van der Waals surface area contributed by atoms with Gasteiger partial charge in [-0.05, 0) is 30.7 Å². The summed E-state index contributed by atoms with van der Waals surface area (Å²) in [6.45, 7) is 1.98. The predicted molar refractivity (Wildman–Crippen MR) is 80.5 cm³/mol. The summed E-state index contributed by atoms with van der Waals surface area (Å²) in [5.74, 6) is -0.139. The van der Waals surface area contributed by atoms with E-state index in [-0.39, 0.29) is 11.9 Å². The second-order valence-electron chi connectivity index (χ2n) is 5.51. The number of hydrogen-bond acceptors (Lipinski definition) is 2. The van der Waals surface area contributed by atoms with Crippen LogP contribution in [0.15, 0.2) is 48.5 Å². The van der Waals surface area contributed by atoms with Crippen LogP contribution in [0.25, 0.3) is 0 Å². The van der Waals surface area contributed by atoms with Crippen LogP contribution in [0.3, 0.4) is 0 Å². The van der Waals surface area contributed by atoms with Gasteiger partial charge in [0.05, 0.1) is 5.69 Å². The molecule has 0 radical (unpaired) electrons. The Morgan fingerprint density at radius 3 is 2.48 bits per heavy atom. The number of urea groups is 1. The second kappa shape index (κ2) is 4.19. The number of hydrogen-bond donors (Lipinski definition) is 0. The molecule has 0 N–H and O–H groups in total. The van der Waals surface area contributed by atoms with Gasteiger partial charge in [-0.3, -0.25) is 9.69 Å². The van der Waals surface area contributed by atoms with Gasteiger partial charge < -0.3 is 0 Å². The van der Waals surface area contributed by atoms with Crippen molar-refractivity contribution in [1.29, 1.82) is 0 Å². The highest BCUT2D eigenvalue weighted by atomic mass is 16.2. The zero-order chi connectivity index (χ0) is 14.6. The van der Waals surface area contributed by atoms with Gasteiger partial charge >= 0.3 is 6.03 Å². The van der Waals surface area contributed by atoms with Gasteiger partial charge in [0.1, 0.15) is 6.04 Å². The summed E-state index contributed by atoms with van der Waals surface area (Å²) in [7, 11) is 0. The lowest BCUT2D eigenvalue weighted by molar-refractivity contribution is -0.117. The van der Waals surface area contributed by atoms with Crippen molar-refractivity contribution in [2.45, 2.75) is 19.4 Å². The van der Waals surface area contributed by atoms with Crippen LogP contribution >= 0.6 is 0 Å². The molecule has 0 bridgehead atoms. The molecule has 0 aromatic heterocycles. The molecular formula is C17H14N2O2. The fraction of sp³-hybridized carbons (Fsp3) is 0.176. The average Bonchev–Trinajstić information content (AvgIpc) is 2.98. The van der Waals surface area contributed by atoms with Crippen molar-refractivity contribution in [2.24, 2.45) is 0 Å². The number of anilines is 2. The molecule has 104 valence electrons. The first kappa shape index (κ1) is 12.1. The number of benzene rings is 2. The second-order valence-corrected chi connectivity index (χ2v) is 5.51. The van der Waals surface area contributed by atoms with Crippen LogP contribution in [0.4, 0.5) is 16.2 Å². The molecule has 0 aliphatic carbocycles. The normalized spacial score (nSPS) is 20.0. The molecular weight excluding hydrogens is 264 g/mol. The Morgan fingerprint density at radius 1 is 1.00 bits per heavy atom. The maximum atomic E-state index is 12.7. The van der Waals surface area contributed by atoms with E-state index in [9.17, 15) is 9.59 Å². The van der Waals surface area contributed by atoms with Crippen molar-refractivity contribution in [3.05, 3.63) is 59.7 Å². The van der Waals surface area contributed by atoms with Crippen LogP contribution in [0.1, 0.15) is 11.1 Å². The number of rotatable bonds is 1. The molecule has 2 aliphatic rings. The van der Waals surface area contributed by atoms with Crippen LogP contribution < -0.4 is 9.80 Å². The summed E-state index contributed by atoms with van der Waals surface area (Å²) in [4.78, 5) is 28.2. The number of carbonyl (C=O) groups is 2. The molecule has 1 fully saturated rings. The molecule has 1 unspecified atom stereocenters. The molecule has 2 aliphatic heterocycles. The van der Waals surface area contributed by atoms with Crippen molar-refractivity contribution in [3.63, 3.8) is 0 Å². The van der Waals surface area contributed by atoms with E-state index in [1.807, 2.05) is 55.5 Å². The number of amides is 3.